The molecule has 0 aromatic heterocycles. The van der Waals surface area contributed by atoms with Crippen molar-refractivity contribution in [3.63, 3.8) is 0 Å². The van der Waals surface area contributed by atoms with E-state index in [1.165, 1.54) is 50.4 Å². The first-order chi connectivity index (χ1) is 14.3. The van der Waals surface area contributed by atoms with Crippen LogP contribution in [0, 0.1) is 5.82 Å². The van der Waals surface area contributed by atoms with E-state index in [1.807, 2.05) is 0 Å². The van der Waals surface area contributed by atoms with Gasteiger partial charge in [-0.15, -0.1) is 0 Å². The average Bonchev–Trinajstić information content (AvgIpc) is 2.97. The van der Waals surface area contributed by atoms with Gasteiger partial charge in [-0.3, -0.25) is 9.69 Å². The Morgan fingerprint density at radius 1 is 1.20 bits per heavy atom. The van der Waals surface area contributed by atoms with Gasteiger partial charge < -0.3 is 19.9 Å². The molecule has 2 aromatic carbocycles. The number of imide groups is 1. The van der Waals surface area contributed by atoms with Crippen LogP contribution in [-0.4, -0.2) is 41.1 Å². The third kappa shape index (κ3) is 4.57. The largest absolute Gasteiger partial charge is 0.493 e. The summed E-state index contributed by atoms with van der Waals surface area (Å²) in [6.45, 7) is 1.39. The molecule has 3 rings (SSSR count). The minimum absolute atomic E-state index is 0.00542. The number of ether oxygens (including phenoxy) is 2. The van der Waals surface area contributed by atoms with Crippen LogP contribution in [0.2, 0.25) is 0 Å². The molecule has 30 heavy (non-hydrogen) atoms. The molecule has 9 heteroatoms. The van der Waals surface area contributed by atoms with Gasteiger partial charge in [0.25, 0.3) is 5.91 Å². The number of halogens is 1. The Labute approximate surface area is 171 Å². The molecule has 0 saturated carbocycles. The van der Waals surface area contributed by atoms with Gasteiger partial charge in [0.05, 0.1) is 13.7 Å². The van der Waals surface area contributed by atoms with Crippen LogP contribution < -0.4 is 14.8 Å². The number of carbonyl (C=O) groups is 3. The number of hydrogen-bond acceptors (Lipinski definition) is 5. The second-order valence-electron chi connectivity index (χ2n) is 6.51. The Balaban J connectivity index is 1.79. The summed E-state index contributed by atoms with van der Waals surface area (Å²) >= 11 is 0. The molecule has 0 bridgehead atoms. The van der Waals surface area contributed by atoms with Gasteiger partial charge in [0.1, 0.15) is 11.5 Å². The van der Waals surface area contributed by atoms with Gasteiger partial charge in [-0.1, -0.05) is 18.2 Å². The fraction of sp³-hybridized carbons (Fsp3) is 0.190. The van der Waals surface area contributed by atoms with Crippen molar-refractivity contribution < 1.29 is 33.4 Å². The van der Waals surface area contributed by atoms with Gasteiger partial charge >= 0.3 is 12.0 Å². The molecule has 0 radical (unpaired) electrons. The molecular weight excluding hydrogens is 395 g/mol. The minimum Gasteiger partial charge on any atom is -0.493 e. The maximum absolute atomic E-state index is 13.0. The zero-order chi connectivity index (χ0) is 21.8. The number of carboxylic acids is 1. The highest BCUT2D eigenvalue weighted by molar-refractivity contribution is 6.13. The highest BCUT2D eigenvalue weighted by atomic mass is 19.1. The van der Waals surface area contributed by atoms with Crippen molar-refractivity contribution in [3.8, 4) is 11.5 Å². The van der Waals surface area contributed by atoms with Crippen LogP contribution in [0.25, 0.3) is 6.08 Å². The highest BCUT2D eigenvalue weighted by Crippen LogP contribution is 2.30. The van der Waals surface area contributed by atoms with Crippen molar-refractivity contribution in [2.24, 2.45) is 0 Å². The molecule has 1 heterocycles. The van der Waals surface area contributed by atoms with Crippen molar-refractivity contribution >= 4 is 24.0 Å². The van der Waals surface area contributed by atoms with E-state index in [0.717, 1.165) is 4.90 Å². The number of urea groups is 1. The molecule has 2 aromatic rings. The molecule has 0 unspecified atom stereocenters. The molecule has 1 aliphatic heterocycles. The van der Waals surface area contributed by atoms with Gasteiger partial charge in [0, 0.05) is 0 Å². The number of hydrogen-bond donors (Lipinski definition) is 2. The molecule has 1 aliphatic rings. The van der Waals surface area contributed by atoms with E-state index in [0.29, 0.717) is 11.1 Å². The summed E-state index contributed by atoms with van der Waals surface area (Å²) in [6.07, 6.45) is 0.400. The van der Waals surface area contributed by atoms with Crippen LogP contribution in [0.5, 0.6) is 11.5 Å². The summed E-state index contributed by atoms with van der Waals surface area (Å²) in [6, 6.07) is 9.59. The summed E-state index contributed by atoms with van der Waals surface area (Å²) in [4.78, 5) is 36.8. The predicted octanol–water partition coefficient (Wildman–Crippen LogP) is 2.78. The fourth-order valence-electron chi connectivity index (χ4n) is 2.77. The molecule has 1 saturated heterocycles. The van der Waals surface area contributed by atoms with Crippen molar-refractivity contribution in [2.45, 2.75) is 19.6 Å². The zero-order valence-corrected chi connectivity index (χ0v) is 16.2. The second-order valence-corrected chi connectivity index (χ2v) is 6.51. The lowest BCUT2D eigenvalue weighted by Crippen LogP contribution is -2.30. The van der Waals surface area contributed by atoms with Crippen LogP contribution in [0.1, 0.15) is 18.1 Å². The van der Waals surface area contributed by atoms with Crippen LogP contribution >= 0.6 is 0 Å². The molecule has 8 nitrogen and oxygen atoms in total. The maximum atomic E-state index is 13.0. The van der Waals surface area contributed by atoms with E-state index < -0.39 is 29.8 Å². The Hall–Kier alpha value is -3.88. The van der Waals surface area contributed by atoms with Crippen molar-refractivity contribution in [1.29, 1.82) is 0 Å². The van der Waals surface area contributed by atoms with Gasteiger partial charge in [-0.25, -0.2) is 14.0 Å². The van der Waals surface area contributed by atoms with E-state index in [1.54, 1.807) is 12.1 Å². The summed E-state index contributed by atoms with van der Waals surface area (Å²) in [5, 5.41) is 11.5. The van der Waals surface area contributed by atoms with E-state index in [-0.39, 0.29) is 23.7 Å². The van der Waals surface area contributed by atoms with Gasteiger partial charge in [0.15, 0.2) is 17.6 Å². The molecule has 1 atom stereocenters. The molecular formula is C21H19FN2O6. The number of rotatable bonds is 7. The lowest BCUT2D eigenvalue weighted by atomic mass is 10.1. The number of amides is 3. The Morgan fingerprint density at radius 2 is 1.90 bits per heavy atom. The normalized spacial score (nSPS) is 15.8. The smallest absolute Gasteiger partial charge is 0.344 e. The topological polar surface area (TPSA) is 105 Å². The highest BCUT2D eigenvalue weighted by Gasteiger charge is 2.33. The SMILES string of the molecule is COc1cc(/C=C2/NC(=O)N(Cc3ccc(F)cc3)C2=O)ccc1O[C@@H](C)C(=O)O. The van der Waals surface area contributed by atoms with Gasteiger partial charge in [-0.05, 0) is 48.4 Å². The zero-order valence-electron chi connectivity index (χ0n) is 16.2. The third-order valence-electron chi connectivity index (χ3n) is 4.37. The van der Waals surface area contributed by atoms with Crippen molar-refractivity contribution in [3.05, 3.63) is 65.1 Å². The molecule has 0 spiro atoms. The molecule has 0 aliphatic carbocycles. The van der Waals surface area contributed by atoms with Crippen LogP contribution in [0.4, 0.5) is 9.18 Å². The number of carboxylic acid groups (broad SMARTS) is 1. The summed E-state index contributed by atoms with van der Waals surface area (Å²) in [5.74, 6) is -1.55. The molecule has 2 N–H and O–H groups in total. The van der Waals surface area contributed by atoms with Crippen LogP contribution in [0.3, 0.4) is 0 Å². The first kappa shape index (κ1) is 20.8. The third-order valence-corrected chi connectivity index (χ3v) is 4.37. The van der Waals surface area contributed by atoms with E-state index in [4.69, 9.17) is 14.6 Å². The Kier molecular flexibility index (Phi) is 6.01. The number of nitrogens with zero attached hydrogens (tertiary/aromatic N) is 1. The summed E-state index contributed by atoms with van der Waals surface area (Å²) in [5.41, 5.74) is 1.21. The standard InChI is InChI=1S/C21H19FN2O6/c1-12(20(26)27)30-17-8-5-14(10-18(17)29-2)9-16-19(25)24(21(28)23-16)11-13-3-6-15(22)7-4-13/h3-10,12H,11H2,1-2H3,(H,23,28)(H,26,27)/b16-9+/t12-/m0/s1. The number of aliphatic carboxylic acids is 1. The lowest BCUT2D eigenvalue weighted by Gasteiger charge is -2.14. The average molecular weight is 414 g/mol. The Morgan fingerprint density at radius 3 is 2.53 bits per heavy atom. The summed E-state index contributed by atoms with van der Waals surface area (Å²) < 4.78 is 23.6. The van der Waals surface area contributed by atoms with E-state index in [9.17, 15) is 18.8 Å². The van der Waals surface area contributed by atoms with E-state index in [2.05, 4.69) is 5.32 Å². The number of carbonyl (C=O) groups excluding carboxylic acids is 2. The Bertz CT molecular complexity index is 1020. The molecule has 156 valence electrons. The molecule has 1 fully saturated rings. The summed E-state index contributed by atoms with van der Waals surface area (Å²) in [7, 11) is 1.40. The number of nitrogens with one attached hydrogen (secondary N) is 1. The van der Waals surface area contributed by atoms with Crippen LogP contribution in [0.15, 0.2) is 48.2 Å². The second kappa shape index (κ2) is 8.64. The molecule has 3 amide bonds. The van der Waals surface area contributed by atoms with Gasteiger partial charge in [-0.2, -0.15) is 0 Å². The monoisotopic (exact) mass is 414 g/mol. The number of methoxy groups -OCH3 is 1. The fourth-order valence-corrected chi connectivity index (χ4v) is 2.77. The van der Waals surface area contributed by atoms with E-state index >= 15 is 0 Å². The van der Waals surface area contributed by atoms with Crippen molar-refractivity contribution in [2.75, 3.05) is 7.11 Å². The lowest BCUT2D eigenvalue weighted by molar-refractivity contribution is -0.144. The first-order valence-corrected chi connectivity index (χ1v) is 8.95. The maximum Gasteiger partial charge on any atom is 0.344 e. The number of benzene rings is 2. The van der Waals surface area contributed by atoms with Crippen LogP contribution in [-0.2, 0) is 16.1 Å². The quantitative estimate of drug-likeness (QED) is 0.533. The minimum atomic E-state index is -1.12. The van der Waals surface area contributed by atoms with Gasteiger partial charge in [0.2, 0.25) is 0 Å². The first-order valence-electron chi connectivity index (χ1n) is 8.95. The van der Waals surface area contributed by atoms with Crippen molar-refractivity contribution in [1.82, 2.24) is 10.2 Å². The predicted molar refractivity (Wildman–Crippen MR) is 104 cm³/mol.